The van der Waals surface area contributed by atoms with Crippen LogP contribution in [0.1, 0.15) is 47.0 Å². The average molecular weight is 415 g/mol. The molecule has 2 aliphatic carbocycles. The molecule has 6 atom stereocenters. The lowest BCUT2D eigenvalue weighted by Crippen LogP contribution is -2.46. The van der Waals surface area contributed by atoms with Crippen LogP contribution in [0.4, 0.5) is 0 Å². The highest BCUT2D eigenvalue weighted by atomic mass is 79.9. The third-order valence-corrected chi connectivity index (χ3v) is 8.86. The summed E-state index contributed by atoms with van der Waals surface area (Å²) in [6.45, 7) is 8.78. The first kappa shape index (κ1) is 16.3. The number of rotatable bonds is 0. The Balaban J connectivity index is 2.51. The zero-order valence-corrected chi connectivity index (χ0v) is 15.9. The number of allylic oxidation sites excluding steroid dienone is 1. The summed E-state index contributed by atoms with van der Waals surface area (Å²) in [6, 6.07) is 0. The van der Waals surface area contributed by atoms with Crippen LogP contribution in [0.15, 0.2) is 11.1 Å². The van der Waals surface area contributed by atoms with Crippen LogP contribution in [0, 0.1) is 11.3 Å². The first-order chi connectivity index (χ1) is 8.61. The Morgan fingerprint density at radius 1 is 1.32 bits per heavy atom. The second-order valence-electron chi connectivity index (χ2n) is 6.71. The van der Waals surface area contributed by atoms with Gasteiger partial charge < -0.3 is 5.11 Å². The van der Waals surface area contributed by atoms with Gasteiger partial charge in [0.25, 0.3) is 0 Å². The van der Waals surface area contributed by atoms with E-state index in [9.17, 15) is 5.11 Å². The minimum Gasteiger partial charge on any atom is -0.388 e. The molecule has 2 rings (SSSR count). The summed E-state index contributed by atoms with van der Waals surface area (Å²) >= 11 is 14.2. The van der Waals surface area contributed by atoms with Gasteiger partial charge >= 0.3 is 0 Å². The zero-order chi connectivity index (χ0) is 14.6. The van der Waals surface area contributed by atoms with Crippen LogP contribution in [-0.4, -0.2) is 25.7 Å². The molecule has 2 aliphatic rings. The topological polar surface area (TPSA) is 20.2 Å². The monoisotopic (exact) mass is 412 g/mol. The van der Waals surface area contributed by atoms with Crippen LogP contribution in [0.3, 0.4) is 0 Å². The molecule has 1 N–H and O–H groups in total. The standard InChI is InChI=1S/C15H23Br2ClO/c1-8-10-5-6-15(4,18)11(16)7-14(10,3)9(2)12(17)13(8)19/h9,11-13,19H,5-7H2,1-4H3/t9-,11-,12+,13+,14+,15?/m0/s1. The molecule has 1 unspecified atom stereocenters. The maximum absolute atomic E-state index is 10.4. The molecule has 0 amide bonds. The first-order valence-corrected chi connectivity index (χ1v) is 9.17. The van der Waals surface area contributed by atoms with Gasteiger partial charge in [0, 0.05) is 9.65 Å². The molecule has 0 saturated heterocycles. The van der Waals surface area contributed by atoms with E-state index in [2.05, 4.69) is 59.6 Å². The van der Waals surface area contributed by atoms with Crippen molar-refractivity contribution in [2.24, 2.45) is 11.3 Å². The molecule has 110 valence electrons. The lowest BCUT2D eigenvalue weighted by Gasteiger charge is -2.47. The predicted molar refractivity (Wildman–Crippen MR) is 89.5 cm³/mol. The first-order valence-electron chi connectivity index (χ1n) is 6.96. The van der Waals surface area contributed by atoms with Gasteiger partial charge in [-0.1, -0.05) is 51.3 Å². The molecule has 4 heteroatoms. The minimum absolute atomic E-state index is 0.109. The van der Waals surface area contributed by atoms with Crippen molar-refractivity contribution in [1.82, 2.24) is 0 Å². The Morgan fingerprint density at radius 3 is 2.47 bits per heavy atom. The molecule has 0 spiro atoms. The lowest BCUT2D eigenvalue weighted by molar-refractivity contribution is 0.114. The highest BCUT2D eigenvalue weighted by molar-refractivity contribution is 9.09. The molecule has 0 radical (unpaired) electrons. The van der Waals surface area contributed by atoms with E-state index >= 15 is 0 Å². The van der Waals surface area contributed by atoms with Gasteiger partial charge in [0.15, 0.2) is 0 Å². The zero-order valence-electron chi connectivity index (χ0n) is 12.0. The summed E-state index contributed by atoms with van der Waals surface area (Å²) in [5.41, 5.74) is 2.69. The van der Waals surface area contributed by atoms with Crippen molar-refractivity contribution in [3.05, 3.63) is 11.1 Å². The van der Waals surface area contributed by atoms with Gasteiger partial charge in [0.05, 0.1) is 11.0 Å². The van der Waals surface area contributed by atoms with Crippen molar-refractivity contribution in [2.75, 3.05) is 0 Å². The molecule has 0 aliphatic heterocycles. The normalized spacial score (nSPS) is 51.8. The van der Waals surface area contributed by atoms with Crippen molar-refractivity contribution < 1.29 is 5.11 Å². The molecule has 19 heavy (non-hydrogen) atoms. The van der Waals surface area contributed by atoms with E-state index in [0.29, 0.717) is 10.7 Å². The number of alkyl halides is 3. The van der Waals surface area contributed by atoms with Crippen molar-refractivity contribution in [1.29, 1.82) is 0 Å². The van der Waals surface area contributed by atoms with Gasteiger partial charge in [-0.25, -0.2) is 0 Å². The molecule has 1 fully saturated rings. The Hall–Kier alpha value is 0.950. The fourth-order valence-electron chi connectivity index (χ4n) is 3.67. The minimum atomic E-state index is -0.369. The van der Waals surface area contributed by atoms with Crippen molar-refractivity contribution >= 4 is 43.5 Å². The van der Waals surface area contributed by atoms with E-state index in [0.717, 1.165) is 24.8 Å². The number of aliphatic hydroxyl groups is 1. The third kappa shape index (κ3) is 2.58. The van der Waals surface area contributed by atoms with E-state index in [-0.39, 0.29) is 21.2 Å². The Labute approximate surface area is 138 Å². The molecule has 1 nitrogen and oxygen atoms in total. The van der Waals surface area contributed by atoms with Gasteiger partial charge in [0.2, 0.25) is 0 Å². The second kappa shape index (κ2) is 5.30. The van der Waals surface area contributed by atoms with Crippen LogP contribution in [0.25, 0.3) is 0 Å². The van der Waals surface area contributed by atoms with E-state index < -0.39 is 0 Å². The smallest absolute Gasteiger partial charge is 0.0878 e. The largest absolute Gasteiger partial charge is 0.388 e. The average Bonchev–Trinajstić information content (AvgIpc) is 2.42. The van der Waals surface area contributed by atoms with Crippen molar-refractivity contribution in [2.45, 2.75) is 67.6 Å². The molecule has 0 heterocycles. The van der Waals surface area contributed by atoms with Crippen LogP contribution in [0.2, 0.25) is 0 Å². The summed E-state index contributed by atoms with van der Waals surface area (Å²) < 4.78 is 0. The fraction of sp³-hybridized carbons (Fsp3) is 0.867. The number of aliphatic hydroxyl groups excluding tert-OH is 1. The third-order valence-electron chi connectivity index (χ3n) is 5.51. The number of fused-ring (bicyclic) bond motifs is 1. The van der Waals surface area contributed by atoms with Gasteiger partial charge in [-0.3, -0.25) is 0 Å². The Bertz CT molecular complexity index is 407. The molecule has 0 aromatic heterocycles. The predicted octanol–water partition coefficient (Wildman–Crippen LogP) is 5.03. The van der Waals surface area contributed by atoms with Gasteiger partial charge in [-0.2, -0.15) is 0 Å². The van der Waals surface area contributed by atoms with Crippen molar-refractivity contribution in [3.8, 4) is 0 Å². The molecule has 0 aromatic rings. The van der Waals surface area contributed by atoms with Crippen LogP contribution < -0.4 is 0 Å². The number of hydrogen-bond acceptors (Lipinski definition) is 1. The maximum Gasteiger partial charge on any atom is 0.0878 e. The highest BCUT2D eigenvalue weighted by Crippen LogP contribution is 2.56. The number of halogens is 3. The molecule has 1 saturated carbocycles. The van der Waals surface area contributed by atoms with E-state index in [4.69, 9.17) is 11.6 Å². The Morgan fingerprint density at radius 2 is 1.89 bits per heavy atom. The SMILES string of the molecule is CC1=C2CCC(C)(Cl)[C@@H](Br)C[C@]2(C)[C@@H](C)[C@@H](Br)[C@@H]1O. The molecule has 0 bridgehead atoms. The van der Waals surface area contributed by atoms with Crippen LogP contribution in [0.5, 0.6) is 0 Å². The van der Waals surface area contributed by atoms with Crippen LogP contribution >= 0.6 is 43.5 Å². The Kier molecular flexibility index (Phi) is 4.55. The molecular weight excluding hydrogens is 391 g/mol. The summed E-state index contributed by atoms with van der Waals surface area (Å²) in [6.07, 6.45) is 2.60. The fourth-order valence-corrected chi connectivity index (χ4v) is 5.72. The van der Waals surface area contributed by atoms with Gasteiger partial charge in [-0.15, -0.1) is 11.6 Å². The number of hydrogen-bond donors (Lipinski definition) is 1. The second-order valence-corrected chi connectivity index (χ2v) is 9.73. The summed E-state index contributed by atoms with van der Waals surface area (Å²) in [4.78, 5) is 0.218. The van der Waals surface area contributed by atoms with Crippen molar-refractivity contribution in [3.63, 3.8) is 0 Å². The van der Waals surface area contributed by atoms with Gasteiger partial charge in [-0.05, 0) is 50.0 Å². The summed E-state index contributed by atoms with van der Waals surface area (Å²) in [5, 5.41) is 10.4. The molecular formula is C15H23Br2ClO. The lowest BCUT2D eigenvalue weighted by atomic mass is 9.62. The molecule has 0 aromatic carbocycles. The van der Waals surface area contributed by atoms with E-state index in [1.54, 1.807) is 0 Å². The highest BCUT2D eigenvalue weighted by Gasteiger charge is 2.51. The van der Waals surface area contributed by atoms with E-state index in [1.807, 2.05) is 0 Å². The summed E-state index contributed by atoms with van der Waals surface area (Å²) in [5.74, 6) is 0.395. The summed E-state index contributed by atoms with van der Waals surface area (Å²) in [7, 11) is 0. The quantitative estimate of drug-likeness (QED) is 0.435. The maximum atomic E-state index is 10.4. The van der Waals surface area contributed by atoms with E-state index in [1.165, 1.54) is 5.57 Å². The van der Waals surface area contributed by atoms with Gasteiger partial charge in [0.1, 0.15) is 0 Å². The van der Waals surface area contributed by atoms with Crippen LogP contribution in [-0.2, 0) is 0 Å².